The Kier molecular flexibility index (Phi) is 3.66. The number of nitrogens with one attached hydrogen (secondary N) is 1. The summed E-state index contributed by atoms with van der Waals surface area (Å²) in [6.45, 7) is 0.901. The van der Waals surface area contributed by atoms with Crippen LogP contribution in [0.4, 0.5) is 4.79 Å². The van der Waals surface area contributed by atoms with E-state index in [2.05, 4.69) is 15.7 Å². The summed E-state index contributed by atoms with van der Waals surface area (Å²) in [5, 5.41) is 13.3. The van der Waals surface area contributed by atoms with Gasteiger partial charge in [-0.25, -0.2) is 4.79 Å². The Morgan fingerprint density at radius 1 is 1.60 bits per heavy atom. The third-order valence-corrected chi connectivity index (χ3v) is 4.35. The molecule has 0 spiro atoms. The lowest BCUT2D eigenvalue weighted by molar-refractivity contribution is 0.0443. The Labute approximate surface area is 120 Å². The molecule has 0 saturated carbocycles. The summed E-state index contributed by atoms with van der Waals surface area (Å²) in [6.07, 6.45) is 3.18. The van der Waals surface area contributed by atoms with Gasteiger partial charge in [0.15, 0.2) is 0 Å². The van der Waals surface area contributed by atoms with Crippen molar-refractivity contribution in [2.75, 3.05) is 13.2 Å². The number of ether oxygens (including phenoxy) is 1. The molecule has 0 aliphatic carbocycles. The predicted octanol–water partition coefficient (Wildman–Crippen LogP) is 2.69. The zero-order chi connectivity index (χ0) is 13.9. The van der Waals surface area contributed by atoms with Gasteiger partial charge in [-0.2, -0.15) is 0 Å². The largest absolute Gasteiger partial charge is 0.465 e. The Bertz CT molecular complexity index is 612. The molecule has 2 aromatic rings. The monoisotopic (exact) mass is 290 g/mol. The molecule has 1 unspecified atom stereocenters. The molecular weight excluding hydrogens is 276 g/mol. The number of fused-ring (bicyclic) bond motifs is 1. The summed E-state index contributed by atoms with van der Waals surface area (Å²) in [5.74, 6) is 0. The molecule has 2 aromatic heterocycles. The molecule has 3 heterocycles. The van der Waals surface area contributed by atoms with Crippen LogP contribution in [0.2, 0.25) is 0 Å². The summed E-state index contributed by atoms with van der Waals surface area (Å²) in [6, 6.07) is 3.90. The first-order chi connectivity index (χ1) is 9.75. The molecule has 0 bridgehead atoms. The normalized spacial score (nSPS) is 17.5. The zero-order valence-corrected chi connectivity index (χ0v) is 11.5. The molecule has 5 nitrogen and oxygen atoms in total. The molecule has 104 valence electrons. The number of pyridine rings is 1. The molecule has 6 heteroatoms. The van der Waals surface area contributed by atoms with E-state index in [1.54, 1.807) is 17.5 Å². The predicted molar refractivity (Wildman–Crippen MR) is 76.0 cm³/mol. The minimum atomic E-state index is -1.03. The summed E-state index contributed by atoms with van der Waals surface area (Å²) >= 11 is 1.70. The fraction of sp³-hybridized carbons (Fsp3) is 0.286. The van der Waals surface area contributed by atoms with Crippen LogP contribution in [0.25, 0.3) is 11.1 Å². The van der Waals surface area contributed by atoms with Crippen LogP contribution in [0.15, 0.2) is 29.9 Å². The molecule has 1 atom stereocenters. The second-order valence-corrected chi connectivity index (χ2v) is 5.49. The molecule has 1 aliphatic heterocycles. The van der Waals surface area contributed by atoms with Crippen molar-refractivity contribution in [1.29, 1.82) is 0 Å². The number of hydrogen-bond acceptors (Lipinski definition) is 4. The fourth-order valence-electron chi connectivity index (χ4n) is 2.42. The van der Waals surface area contributed by atoms with Gasteiger partial charge in [0, 0.05) is 40.4 Å². The van der Waals surface area contributed by atoms with E-state index in [1.165, 1.54) is 4.88 Å². The first-order valence-electron chi connectivity index (χ1n) is 6.35. The minimum Gasteiger partial charge on any atom is -0.465 e. The van der Waals surface area contributed by atoms with Crippen LogP contribution in [0.5, 0.6) is 0 Å². The smallest absolute Gasteiger partial charge is 0.404 e. The number of nitrogens with zero attached hydrogens (tertiary/aromatic N) is 1. The first kappa shape index (κ1) is 13.1. The van der Waals surface area contributed by atoms with Gasteiger partial charge in [0.05, 0.1) is 13.2 Å². The van der Waals surface area contributed by atoms with E-state index < -0.39 is 6.09 Å². The standard InChI is InChI=1S/C14H14N2O3S/c17-14(18)16-7-11-13-10(9-2-1-4-15-6-9)8-20-12(13)3-5-19-11/h1-2,4,6,8,11,16H,3,5,7H2,(H,17,18). The molecule has 2 N–H and O–H groups in total. The number of amides is 1. The second kappa shape index (κ2) is 5.60. The molecular formula is C14H14N2O3S. The van der Waals surface area contributed by atoms with Gasteiger partial charge in [0.25, 0.3) is 0 Å². The van der Waals surface area contributed by atoms with Crippen LogP contribution in [0.1, 0.15) is 16.5 Å². The Morgan fingerprint density at radius 3 is 3.25 bits per heavy atom. The fourth-order valence-corrected chi connectivity index (χ4v) is 3.51. The van der Waals surface area contributed by atoms with Crippen molar-refractivity contribution in [3.05, 3.63) is 40.3 Å². The maximum absolute atomic E-state index is 10.7. The molecule has 0 saturated heterocycles. The third-order valence-electron chi connectivity index (χ3n) is 3.29. The number of hydrogen-bond donors (Lipinski definition) is 2. The summed E-state index contributed by atoms with van der Waals surface area (Å²) in [7, 11) is 0. The topological polar surface area (TPSA) is 71.5 Å². The van der Waals surface area contributed by atoms with E-state index in [1.807, 2.05) is 18.3 Å². The molecule has 3 rings (SSSR count). The molecule has 20 heavy (non-hydrogen) atoms. The minimum absolute atomic E-state index is 0.226. The summed E-state index contributed by atoms with van der Waals surface area (Å²) in [5.41, 5.74) is 3.23. The SMILES string of the molecule is O=C(O)NCC1OCCc2scc(-c3cccnc3)c21. The lowest BCUT2D eigenvalue weighted by Gasteiger charge is -2.24. The van der Waals surface area contributed by atoms with Crippen molar-refractivity contribution in [3.8, 4) is 11.1 Å². The van der Waals surface area contributed by atoms with E-state index in [9.17, 15) is 4.79 Å². The molecule has 0 fully saturated rings. The van der Waals surface area contributed by atoms with E-state index in [0.717, 1.165) is 23.1 Å². The van der Waals surface area contributed by atoms with Gasteiger partial charge in [0.2, 0.25) is 0 Å². The Balaban J connectivity index is 1.95. The number of thiophene rings is 1. The van der Waals surface area contributed by atoms with Crippen molar-refractivity contribution >= 4 is 17.4 Å². The van der Waals surface area contributed by atoms with Gasteiger partial charge in [-0.1, -0.05) is 6.07 Å². The van der Waals surface area contributed by atoms with Crippen LogP contribution in [-0.4, -0.2) is 29.3 Å². The van der Waals surface area contributed by atoms with E-state index in [4.69, 9.17) is 9.84 Å². The van der Waals surface area contributed by atoms with Crippen LogP contribution in [-0.2, 0) is 11.2 Å². The third kappa shape index (κ3) is 2.52. The summed E-state index contributed by atoms with van der Waals surface area (Å²) in [4.78, 5) is 16.1. The van der Waals surface area contributed by atoms with Crippen molar-refractivity contribution < 1.29 is 14.6 Å². The number of carbonyl (C=O) groups is 1. The van der Waals surface area contributed by atoms with Gasteiger partial charge < -0.3 is 15.2 Å². The highest BCUT2D eigenvalue weighted by molar-refractivity contribution is 7.10. The van der Waals surface area contributed by atoms with Crippen molar-refractivity contribution in [3.63, 3.8) is 0 Å². The lowest BCUT2D eigenvalue weighted by Crippen LogP contribution is -2.30. The number of rotatable bonds is 3. The highest BCUT2D eigenvalue weighted by Gasteiger charge is 2.26. The van der Waals surface area contributed by atoms with Crippen molar-refractivity contribution in [2.24, 2.45) is 0 Å². The van der Waals surface area contributed by atoms with Crippen LogP contribution in [0.3, 0.4) is 0 Å². The van der Waals surface area contributed by atoms with Crippen LogP contribution >= 0.6 is 11.3 Å². The van der Waals surface area contributed by atoms with E-state index >= 15 is 0 Å². The average molecular weight is 290 g/mol. The van der Waals surface area contributed by atoms with Crippen molar-refractivity contribution in [1.82, 2.24) is 10.3 Å². The number of aromatic nitrogens is 1. The average Bonchev–Trinajstić information content (AvgIpc) is 2.90. The Hall–Kier alpha value is -1.92. The van der Waals surface area contributed by atoms with Gasteiger partial charge in [-0.15, -0.1) is 11.3 Å². The van der Waals surface area contributed by atoms with Gasteiger partial charge in [-0.05, 0) is 11.4 Å². The lowest BCUT2D eigenvalue weighted by atomic mass is 9.97. The summed E-state index contributed by atoms with van der Waals surface area (Å²) < 4.78 is 5.74. The van der Waals surface area contributed by atoms with Crippen LogP contribution in [0, 0.1) is 0 Å². The molecule has 1 aliphatic rings. The first-order valence-corrected chi connectivity index (χ1v) is 7.22. The maximum atomic E-state index is 10.7. The zero-order valence-electron chi connectivity index (χ0n) is 10.7. The molecule has 0 aromatic carbocycles. The van der Waals surface area contributed by atoms with E-state index in [-0.39, 0.29) is 12.6 Å². The van der Waals surface area contributed by atoms with Crippen molar-refractivity contribution in [2.45, 2.75) is 12.5 Å². The molecule has 0 radical (unpaired) electrons. The highest BCUT2D eigenvalue weighted by atomic mass is 32.1. The van der Waals surface area contributed by atoms with Gasteiger partial charge in [-0.3, -0.25) is 4.98 Å². The molecule has 1 amide bonds. The van der Waals surface area contributed by atoms with Crippen LogP contribution < -0.4 is 5.32 Å². The second-order valence-electron chi connectivity index (χ2n) is 4.52. The number of carboxylic acid groups (broad SMARTS) is 1. The Morgan fingerprint density at radius 2 is 2.50 bits per heavy atom. The quantitative estimate of drug-likeness (QED) is 0.911. The highest BCUT2D eigenvalue weighted by Crippen LogP contribution is 2.39. The van der Waals surface area contributed by atoms with Gasteiger partial charge in [0.1, 0.15) is 6.10 Å². The maximum Gasteiger partial charge on any atom is 0.404 e. The van der Waals surface area contributed by atoms with Gasteiger partial charge >= 0.3 is 6.09 Å². The van der Waals surface area contributed by atoms with E-state index in [0.29, 0.717) is 6.61 Å².